The third-order valence-electron chi connectivity index (χ3n) is 3.41. The van der Waals surface area contributed by atoms with Crippen molar-refractivity contribution in [1.82, 2.24) is 0 Å². The van der Waals surface area contributed by atoms with Crippen molar-refractivity contribution in [3.63, 3.8) is 0 Å². The smallest absolute Gasteiger partial charge is 0.341 e. The first-order valence-corrected chi connectivity index (χ1v) is 7.42. The van der Waals surface area contributed by atoms with Crippen LogP contribution in [0.1, 0.15) is 17.3 Å². The van der Waals surface area contributed by atoms with Gasteiger partial charge in [-0.15, -0.1) is 0 Å². The Kier molecular flexibility index (Phi) is 5.84. The second kappa shape index (κ2) is 8.06. The fourth-order valence-corrected chi connectivity index (χ4v) is 2.03. The summed E-state index contributed by atoms with van der Waals surface area (Å²) in [4.78, 5) is 34.5. The summed E-state index contributed by atoms with van der Waals surface area (Å²) in [6.45, 7) is 1.27. The number of carbonyl (C=O) groups excluding carboxylic acids is 2. The molecule has 0 aliphatic heterocycles. The van der Waals surface area contributed by atoms with Crippen LogP contribution in [-0.4, -0.2) is 30.0 Å². The number of nitrogens with one attached hydrogen (secondary N) is 1. The molecule has 0 unspecified atom stereocenters. The van der Waals surface area contributed by atoms with Gasteiger partial charge in [0.25, 0.3) is 11.6 Å². The van der Waals surface area contributed by atoms with Crippen molar-refractivity contribution in [3.05, 3.63) is 64.0 Å². The highest BCUT2D eigenvalue weighted by Crippen LogP contribution is 2.29. The number of methoxy groups -OCH3 is 1. The zero-order valence-corrected chi connectivity index (χ0v) is 13.9. The van der Waals surface area contributed by atoms with Crippen LogP contribution in [0.15, 0.2) is 42.5 Å². The Morgan fingerprint density at radius 2 is 1.92 bits per heavy atom. The lowest BCUT2D eigenvalue weighted by molar-refractivity contribution is -0.384. The molecule has 0 bridgehead atoms. The second-order valence-electron chi connectivity index (χ2n) is 5.16. The maximum Gasteiger partial charge on any atom is 0.341 e. The van der Waals surface area contributed by atoms with Crippen LogP contribution in [0.2, 0.25) is 0 Å². The quantitative estimate of drug-likeness (QED) is 0.481. The molecule has 0 aliphatic carbocycles. The molecule has 2 rings (SSSR count). The standard InChI is InChI=1S/C17H15FN2O6/c1-10(26-17(22)12-5-3-4-6-13(12)18)16(21)19-14-8-7-11(25-2)9-15(14)20(23)24/h3-10H,1-2H3,(H,19,21)/t10-/m1/s1. The van der Waals surface area contributed by atoms with E-state index in [0.29, 0.717) is 0 Å². The van der Waals surface area contributed by atoms with Crippen molar-refractivity contribution < 1.29 is 28.4 Å². The van der Waals surface area contributed by atoms with E-state index in [0.717, 1.165) is 12.1 Å². The summed E-state index contributed by atoms with van der Waals surface area (Å²) in [6, 6.07) is 9.03. The van der Waals surface area contributed by atoms with Gasteiger partial charge in [-0.1, -0.05) is 12.1 Å². The monoisotopic (exact) mass is 362 g/mol. The van der Waals surface area contributed by atoms with Gasteiger partial charge >= 0.3 is 5.97 Å². The number of nitro groups is 1. The number of amides is 1. The Labute approximate surface area is 147 Å². The number of hydrogen-bond donors (Lipinski definition) is 1. The molecule has 2 aromatic rings. The molecule has 1 atom stereocenters. The number of hydrogen-bond acceptors (Lipinski definition) is 6. The summed E-state index contributed by atoms with van der Waals surface area (Å²) in [5.41, 5.74) is -0.789. The highest BCUT2D eigenvalue weighted by atomic mass is 19.1. The minimum atomic E-state index is -1.30. The van der Waals surface area contributed by atoms with E-state index in [2.05, 4.69) is 5.32 Å². The Hall–Kier alpha value is -3.49. The van der Waals surface area contributed by atoms with Gasteiger partial charge in [0.05, 0.1) is 23.7 Å². The van der Waals surface area contributed by atoms with Crippen molar-refractivity contribution in [1.29, 1.82) is 0 Å². The Morgan fingerprint density at radius 3 is 2.54 bits per heavy atom. The predicted octanol–water partition coefficient (Wildman–Crippen LogP) is 2.93. The van der Waals surface area contributed by atoms with E-state index in [1.165, 1.54) is 44.4 Å². The summed E-state index contributed by atoms with van der Waals surface area (Å²) >= 11 is 0. The van der Waals surface area contributed by atoms with Gasteiger partial charge in [-0.25, -0.2) is 9.18 Å². The molecule has 136 valence electrons. The molecule has 0 aliphatic rings. The maximum atomic E-state index is 13.6. The van der Waals surface area contributed by atoms with Gasteiger partial charge in [-0.05, 0) is 31.2 Å². The molecule has 9 heteroatoms. The SMILES string of the molecule is COc1ccc(NC(=O)[C@@H](C)OC(=O)c2ccccc2F)c([N+](=O)[O-])c1. The molecule has 2 aromatic carbocycles. The van der Waals surface area contributed by atoms with Gasteiger partial charge < -0.3 is 14.8 Å². The Balaban J connectivity index is 2.11. The molecular formula is C17H15FN2O6. The summed E-state index contributed by atoms with van der Waals surface area (Å²) < 4.78 is 23.4. The number of nitrogens with zero attached hydrogens (tertiary/aromatic N) is 1. The minimum Gasteiger partial charge on any atom is -0.496 e. The van der Waals surface area contributed by atoms with Crippen LogP contribution in [0.5, 0.6) is 5.75 Å². The van der Waals surface area contributed by atoms with E-state index in [9.17, 15) is 24.1 Å². The number of rotatable bonds is 6. The minimum absolute atomic E-state index is 0.0883. The number of ether oxygens (including phenoxy) is 2. The average molecular weight is 362 g/mol. The zero-order valence-electron chi connectivity index (χ0n) is 13.9. The Bertz CT molecular complexity index is 855. The molecule has 0 radical (unpaired) electrons. The largest absolute Gasteiger partial charge is 0.496 e. The summed E-state index contributed by atoms with van der Waals surface area (Å²) in [7, 11) is 1.35. The summed E-state index contributed by atoms with van der Waals surface area (Å²) in [6.07, 6.45) is -1.30. The highest BCUT2D eigenvalue weighted by molar-refractivity contribution is 5.98. The van der Waals surface area contributed by atoms with Crippen molar-refractivity contribution in [2.45, 2.75) is 13.0 Å². The van der Waals surface area contributed by atoms with Crippen LogP contribution >= 0.6 is 0 Å². The first kappa shape index (κ1) is 18.8. The molecule has 0 fully saturated rings. The molecule has 26 heavy (non-hydrogen) atoms. The molecule has 1 N–H and O–H groups in total. The fraction of sp³-hybridized carbons (Fsp3) is 0.176. The molecule has 0 saturated heterocycles. The van der Waals surface area contributed by atoms with Gasteiger partial charge in [0.1, 0.15) is 17.3 Å². The van der Waals surface area contributed by atoms with Crippen LogP contribution in [0.4, 0.5) is 15.8 Å². The van der Waals surface area contributed by atoms with Crippen LogP contribution < -0.4 is 10.1 Å². The van der Waals surface area contributed by atoms with Crippen molar-refractivity contribution >= 4 is 23.3 Å². The number of esters is 1. The average Bonchev–Trinajstić information content (AvgIpc) is 2.61. The third-order valence-corrected chi connectivity index (χ3v) is 3.41. The van der Waals surface area contributed by atoms with Gasteiger partial charge in [-0.3, -0.25) is 14.9 Å². The first-order chi connectivity index (χ1) is 12.3. The van der Waals surface area contributed by atoms with Gasteiger partial charge in [0, 0.05) is 0 Å². The first-order valence-electron chi connectivity index (χ1n) is 7.42. The van der Waals surface area contributed by atoms with E-state index in [-0.39, 0.29) is 22.7 Å². The molecule has 1 amide bonds. The lowest BCUT2D eigenvalue weighted by Gasteiger charge is -2.14. The maximum absolute atomic E-state index is 13.6. The highest BCUT2D eigenvalue weighted by Gasteiger charge is 2.24. The normalized spacial score (nSPS) is 11.3. The second-order valence-corrected chi connectivity index (χ2v) is 5.16. The lowest BCUT2D eigenvalue weighted by atomic mass is 10.2. The van der Waals surface area contributed by atoms with Crippen molar-refractivity contribution in [2.75, 3.05) is 12.4 Å². The van der Waals surface area contributed by atoms with Crippen molar-refractivity contribution in [2.24, 2.45) is 0 Å². The number of benzene rings is 2. The van der Waals surface area contributed by atoms with E-state index in [1.807, 2.05) is 0 Å². The lowest BCUT2D eigenvalue weighted by Crippen LogP contribution is -2.30. The fourth-order valence-electron chi connectivity index (χ4n) is 2.03. The Morgan fingerprint density at radius 1 is 1.23 bits per heavy atom. The van der Waals surface area contributed by atoms with Crippen molar-refractivity contribution in [3.8, 4) is 5.75 Å². The third kappa shape index (κ3) is 4.32. The van der Waals surface area contributed by atoms with Crippen LogP contribution in [0, 0.1) is 15.9 Å². The topological polar surface area (TPSA) is 108 Å². The number of anilines is 1. The van der Waals surface area contributed by atoms with Crippen LogP contribution in [-0.2, 0) is 9.53 Å². The predicted molar refractivity (Wildman–Crippen MR) is 89.6 cm³/mol. The zero-order chi connectivity index (χ0) is 19.3. The number of carbonyl (C=O) groups is 2. The van der Waals surface area contributed by atoms with Gasteiger partial charge in [-0.2, -0.15) is 0 Å². The summed E-state index contributed by atoms with van der Waals surface area (Å²) in [5.74, 6) is -2.36. The van der Waals surface area contributed by atoms with Gasteiger partial charge in [0.15, 0.2) is 6.10 Å². The van der Waals surface area contributed by atoms with Gasteiger partial charge in [0.2, 0.25) is 0 Å². The van der Waals surface area contributed by atoms with Crippen LogP contribution in [0.3, 0.4) is 0 Å². The number of nitro benzene ring substituents is 1. The van der Waals surface area contributed by atoms with Crippen LogP contribution in [0.25, 0.3) is 0 Å². The molecule has 0 spiro atoms. The van der Waals surface area contributed by atoms with E-state index in [1.54, 1.807) is 0 Å². The molecule has 8 nitrogen and oxygen atoms in total. The van der Waals surface area contributed by atoms with E-state index < -0.39 is 28.7 Å². The molecule has 0 saturated carbocycles. The molecule has 0 heterocycles. The number of halogens is 1. The van der Waals surface area contributed by atoms with E-state index in [4.69, 9.17) is 9.47 Å². The van der Waals surface area contributed by atoms with E-state index >= 15 is 0 Å². The summed E-state index contributed by atoms with van der Waals surface area (Å²) in [5, 5.41) is 13.4. The molecular weight excluding hydrogens is 347 g/mol. The molecule has 0 aromatic heterocycles.